The smallest absolute Gasteiger partial charge is 0.354 e. The highest BCUT2D eigenvalue weighted by atomic mass is 19.4. The van der Waals surface area contributed by atoms with Crippen molar-refractivity contribution in [1.29, 1.82) is 0 Å². The average molecular weight is 472 g/mol. The van der Waals surface area contributed by atoms with Crippen LogP contribution >= 0.6 is 0 Å². The molecule has 0 radical (unpaired) electrons. The van der Waals surface area contributed by atoms with Crippen molar-refractivity contribution < 1.29 is 18.0 Å². The Morgan fingerprint density at radius 1 is 1.06 bits per heavy atom. The molecular formula is C23H23F3N6O2. The van der Waals surface area contributed by atoms with Crippen molar-refractivity contribution >= 4 is 17.4 Å². The number of amides is 1. The van der Waals surface area contributed by atoms with Crippen LogP contribution in [0.5, 0.6) is 0 Å². The number of hydrogen-bond acceptors (Lipinski definition) is 6. The first-order valence-corrected chi connectivity index (χ1v) is 10.6. The van der Waals surface area contributed by atoms with Crippen LogP contribution in [0.2, 0.25) is 0 Å². The first-order valence-electron chi connectivity index (χ1n) is 10.6. The molecule has 1 amide bonds. The molecule has 0 unspecified atom stereocenters. The maximum absolute atomic E-state index is 13.1. The molecule has 0 bridgehead atoms. The lowest BCUT2D eigenvalue weighted by Gasteiger charge is -2.33. The molecular weight excluding hydrogens is 449 g/mol. The van der Waals surface area contributed by atoms with Gasteiger partial charge in [-0.3, -0.25) is 9.59 Å². The molecule has 1 aliphatic rings. The van der Waals surface area contributed by atoms with E-state index >= 15 is 0 Å². The fraction of sp³-hybridized carbons (Fsp3) is 0.304. The Bertz CT molecular complexity index is 1250. The normalized spacial score (nSPS) is 14.8. The van der Waals surface area contributed by atoms with E-state index in [2.05, 4.69) is 32.2 Å². The van der Waals surface area contributed by atoms with Gasteiger partial charge >= 0.3 is 6.18 Å². The van der Waals surface area contributed by atoms with Crippen LogP contribution in [0, 0.1) is 6.92 Å². The highest BCUT2D eigenvalue weighted by molar-refractivity contribution is 6.02. The summed E-state index contributed by atoms with van der Waals surface area (Å²) in [6.45, 7) is 5.07. The van der Waals surface area contributed by atoms with E-state index in [1.165, 1.54) is 25.3 Å². The van der Waals surface area contributed by atoms with Crippen molar-refractivity contribution in [3.63, 3.8) is 0 Å². The van der Waals surface area contributed by atoms with Crippen LogP contribution in [0.4, 0.5) is 24.7 Å². The van der Waals surface area contributed by atoms with Gasteiger partial charge in [-0.05, 0) is 44.3 Å². The number of nitrogens with one attached hydrogen (secondary N) is 1. The molecule has 1 aliphatic heterocycles. The van der Waals surface area contributed by atoms with E-state index in [0.717, 1.165) is 54.9 Å². The summed E-state index contributed by atoms with van der Waals surface area (Å²) in [6, 6.07) is 9.13. The molecule has 3 aromatic rings. The lowest BCUT2D eigenvalue weighted by molar-refractivity contribution is -0.137. The first-order chi connectivity index (χ1) is 16.1. The number of anilines is 2. The standard InChI is InChI=1S/C23H23F3N6O2/c1-15-12-19(33)21(29-32(15)18-5-3-4-16(13-18)23(24,25)26)22(34)28-17-6-7-20(27-14-17)31-10-8-30(2)9-11-31/h3-7,12-14H,8-11H2,1-2H3,(H,28,34). The number of alkyl halides is 3. The summed E-state index contributed by atoms with van der Waals surface area (Å²) in [4.78, 5) is 34.0. The summed E-state index contributed by atoms with van der Waals surface area (Å²) in [5.41, 5.74) is -1.19. The summed E-state index contributed by atoms with van der Waals surface area (Å²) in [7, 11) is 2.06. The molecule has 3 heterocycles. The lowest BCUT2D eigenvalue weighted by Crippen LogP contribution is -2.44. The van der Waals surface area contributed by atoms with Gasteiger partial charge in [-0.25, -0.2) is 9.67 Å². The van der Waals surface area contributed by atoms with Gasteiger partial charge in [0.1, 0.15) is 5.82 Å². The van der Waals surface area contributed by atoms with Crippen LogP contribution in [-0.4, -0.2) is 58.8 Å². The van der Waals surface area contributed by atoms with E-state index < -0.39 is 28.8 Å². The largest absolute Gasteiger partial charge is 0.416 e. The zero-order chi connectivity index (χ0) is 24.5. The predicted molar refractivity (Wildman–Crippen MR) is 121 cm³/mol. The molecule has 0 saturated carbocycles. The Kier molecular flexibility index (Phi) is 6.38. The number of aromatic nitrogens is 3. The number of benzene rings is 1. The third-order valence-electron chi connectivity index (χ3n) is 5.57. The number of hydrogen-bond donors (Lipinski definition) is 1. The highest BCUT2D eigenvalue weighted by Crippen LogP contribution is 2.30. The molecule has 1 fully saturated rings. The molecule has 1 aromatic carbocycles. The van der Waals surface area contributed by atoms with Crippen molar-refractivity contribution in [2.24, 2.45) is 0 Å². The summed E-state index contributed by atoms with van der Waals surface area (Å²) >= 11 is 0. The van der Waals surface area contributed by atoms with Crippen molar-refractivity contribution in [3.8, 4) is 5.69 Å². The molecule has 8 nitrogen and oxygen atoms in total. The monoisotopic (exact) mass is 472 g/mol. The minimum absolute atomic E-state index is 0.0829. The van der Waals surface area contributed by atoms with E-state index in [4.69, 9.17) is 0 Å². The Balaban J connectivity index is 1.55. The molecule has 0 aliphatic carbocycles. The van der Waals surface area contributed by atoms with Crippen LogP contribution < -0.4 is 15.6 Å². The second kappa shape index (κ2) is 9.26. The average Bonchev–Trinajstić information content (AvgIpc) is 2.80. The number of aryl methyl sites for hydroxylation is 1. The SMILES string of the molecule is Cc1cc(=O)c(C(=O)Nc2ccc(N3CCN(C)CC3)nc2)nn1-c1cccc(C(F)(F)F)c1. The van der Waals surface area contributed by atoms with E-state index in [9.17, 15) is 22.8 Å². The number of halogens is 3. The molecule has 0 spiro atoms. The molecule has 0 atom stereocenters. The number of rotatable bonds is 4. The third-order valence-corrected chi connectivity index (χ3v) is 5.57. The quantitative estimate of drug-likeness (QED) is 0.629. The molecule has 4 rings (SSSR count). The van der Waals surface area contributed by atoms with Crippen LogP contribution in [0.25, 0.3) is 5.69 Å². The molecule has 1 N–H and O–H groups in total. The number of pyridine rings is 1. The second-order valence-electron chi connectivity index (χ2n) is 8.11. The summed E-state index contributed by atoms with van der Waals surface area (Å²) in [5.74, 6) is 0.00587. The number of carbonyl (C=O) groups excluding carboxylic acids is 1. The van der Waals surface area contributed by atoms with Gasteiger partial charge in [0.25, 0.3) is 5.91 Å². The summed E-state index contributed by atoms with van der Waals surface area (Å²) in [5, 5.41) is 6.64. The number of likely N-dealkylation sites (N-methyl/N-ethyl adjacent to an activating group) is 1. The lowest BCUT2D eigenvalue weighted by atomic mass is 10.2. The number of nitrogens with zero attached hydrogens (tertiary/aromatic N) is 5. The van der Waals surface area contributed by atoms with Gasteiger partial charge in [-0.2, -0.15) is 18.3 Å². The van der Waals surface area contributed by atoms with E-state index in [1.54, 1.807) is 12.1 Å². The second-order valence-corrected chi connectivity index (χ2v) is 8.11. The minimum atomic E-state index is -4.54. The molecule has 178 valence electrons. The third kappa shape index (κ3) is 5.09. The molecule has 11 heteroatoms. The predicted octanol–water partition coefficient (Wildman–Crippen LogP) is 2.96. The van der Waals surface area contributed by atoms with Gasteiger partial charge in [-0.15, -0.1) is 0 Å². The van der Waals surface area contributed by atoms with Gasteiger partial charge in [0.15, 0.2) is 5.69 Å². The fourth-order valence-electron chi connectivity index (χ4n) is 3.65. The minimum Gasteiger partial charge on any atom is -0.354 e. The van der Waals surface area contributed by atoms with Crippen molar-refractivity contribution in [1.82, 2.24) is 19.7 Å². The van der Waals surface area contributed by atoms with E-state index in [1.807, 2.05) is 0 Å². The molecule has 34 heavy (non-hydrogen) atoms. The van der Waals surface area contributed by atoms with Gasteiger partial charge in [-0.1, -0.05) is 6.07 Å². The zero-order valence-corrected chi connectivity index (χ0v) is 18.6. The van der Waals surface area contributed by atoms with E-state index in [0.29, 0.717) is 11.4 Å². The van der Waals surface area contributed by atoms with Gasteiger partial charge in [0, 0.05) is 37.9 Å². The zero-order valence-electron chi connectivity index (χ0n) is 18.6. The number of piperazine rings is 1. The van der Waals surface area contributed by atoms with Gasteiger partial charge in [0.05, 0.1) is 23.1 Å². The van der Waals surface area contributed by atoms with Crippen molar-refractivity contribution in [3.05, 3.63) is 75.8 Å². The van der Waals surface area contributed by atoms with Crippen LogP contribution in [0.3, 0.4) is 0 Å². The van der Waals surface area contributed by atoms with Gasteiger partial charge in [0.2, 0.25) is 5.43 Å². The van der Waals surface area contributed by atoms with Crippen LogP contribution in [-0.2, 0) is 6.18 Å². The first kappa shape index (κ1) is 23.4. The molecule has 2 aromatic heterocycles. The van der Waals surface area contributed by atoms with Crippen molar-refractivity contribution in [2.75, 3.05) is 43.4 Å². The Morgan fingerprint density at radius 3 is 2.44 bits per heavy atom. The maximum Gasteiger partial charge on any atom is 0.416 e. The fourth-order valence-corrected chi connectivity index (χ4v) is 3.65. The van der Waals surface area contributed by atoms with E-state index in [-0.39, 0.29) is 5.69 Å². The highest BCUT2D eigenvalue weighted by Gasteiger charge is 2.30. The van der Waals surface area contributed by atoms with Crippen molar-refractivity contribution in [2.45, 2.75) is 13.1 Å². The number of carbonyl (C=O) groups is 1. The topological polar surface area (TPSA) is 83.4 Å². The Hall–Kier alpha value is -3.73. The van der Waals surface area contributed by atoms with Crippen LogP contribution in [0.1, 0.15) is 21.7 Å². The maximum atomic E-state index is 13.1. The van der Waals surface area contributed by atoms with Gasteiger partial charge < -0.3 is 15.1 Å². The molecule has 1 saturated heterocycles. The summed E-state index contributed by atoms with van der Waals surface area (Å²) in [6.07, 6.45) is -3.04. The Morgan fingerprint density at radius 2 is 1.79 bits per heavy atom. The van der Waals surface area contributed by atoms with Crippen LogP contribution in [0.15, 0.2) is 53.5 Å². The summed E-state index contributed by atoms with van der Waals surface area (Å²) < 4.78 is 40.5. The Labute approximate surface area is 193 Å².